The molecule has 0 radical (unpaired) electrons. The number of likely N-dealkylation sites (tertiary alicyclic amines) is 1. The van der Waals surface area contributed by atoms with Gasteiger partial charge in [0.05, 0.1) is 32.9 Å². The molecule has 2 fully saturated rings. The molecule has 0 aromatic heterocycles. The number of ether oxygens (including phenoxy) is 3. The zero-order valence-corrected chi connectivity index (χ0v) is 23.6. The molecule has 1 amide bonds. The minimum atomic E-state index is -0.759. The van der Waals surface area contributed by atoms with Crippen LogP contribution in [-0.4, -0.2) is 63.1 Å². The second kappa shape index (κ2) is 13.0. The lowest BCUT2D eigenvalue weighted by molar-refractivity contribution is -0.908. The van der Waals surface area contributed by atoms with Crippen molar-refractivity contribution < 1.29 is 33.8 Å². The molecule has 1 atom stereocenters. The number of benzene rings is 3. The number of aryl methyl sites for hydroxylation is 1. The molecule has 2 aliphatic heterocycles. The normalized spacial score (nSPS) is 19.0. The van der Waals surface area contributed by atoms with Crippen molar-refractivity contribution in [2.45, 2.75) is 26.0 Å². The first-order chi connectivity index (χ1) is 19.9. The number of ketones is 1. The average Bonchev–Trinajstić information content (AvgIpc) is 3.25. The van der Waals surface area contributed by atoms with Crippen molar-refractivity contribution in [2.75, 3.05) is 46.5 Å². The van der Waals surface area contributed by atoms with E-state index in [1.54, 1.807) is 48.4 Å². The molecule has 41 heavy (non-hydrogen) atoms. The number of rotatable bonds is 10. The van der Waals surface area contributed by atoms with Crippen LogP contribution in [-0.2, 0) is 20.9 Å². The minimum Gasteiger partial charge on any atom is -0.872 e. The second-order valence-electron chi connectivity index (χ2n) is 10.5. The highest BCUT2D eigenvalue weighted by atomic mass is 16.5. The summed E-state index contributed by atoms with van der Waals surface area (Å²) >= 11 is 0. The number of morpholine rings is 1. The second-order valence-corrected chi connectivity index (χ2v) is 10.5. The highest BCUT2D eigenvalue weighted by molar-refractivity contribution is 6.46. The Morgan fingerprint density at radius 1 is 1.00 bits per heavy atom. The van der Waals surface area contributed by atoms with Gasteiger partial charge in [0, 0.05) is 18.5 Å². The molecule has 1 unspecified atom stereocenters. The fourth-order valence-electron chi connectivity index (χ4n) is 5.47. The number of hydrogen-bond acceptors (Lipinski definition) is 6. The molecule has 8 nitrogen and oxygen atoms in total. The van der Waals surface area contributed by atoms with Gasteiger partial charge in [-0.2, -0.15) is 0 Å². The van der Waals surface area contributed by atoms with Crippen LogP contribution in [0.1, 0.15) is 34.7 Å². The van der Waals surface area contributed by atoms with E-state index in [9.17, 15) is 14.7 Å². The van der Waals surface area contributed by atoms with E-state index < -0.39 is 23.5 Å². The molecule has 0 spiro atoms. The Labute approximate surface area is 240 Å². The molecule has 2 heterocycles. The summed E-state index contributed by atoms with van der Waals surface area (Å²) in [6.45, 7) is 6.99. The van der Waals surface area contributed by atoms with Gasteiger partial charge in [0.15, 0.2) is 0 Å². The van der Waals surface area contributed by atoms with Gasteiger partial charge in [-0.1, -0.05) is 59.9 Å². The van der Waals surface area contributed by atoms with E-state index >= 15 is 0 Å². The maximum atomic E-state index is 13.8. The summed E-state index contributed by atoms with van der Waals surface area (Å²) in [5.41, 5.74) is 3.22. The monoisotopic (exact) mass is 556 g/mol. The van der Waals surface area contributed by atoms with Crippen molar-refractivity contribution >= 4 is 17.4 Å². The van der Waals surface area contributed by atoms with Crippen LogP contribution in [0.15, 0.2) is 78.4 Å². The van der Waals surface area contributed by atoms with Crippen molar-refractivity contribution in [1.82, 2.24) is 4.90 Å². The molecule has 8 heteroatoms. The van der Waals surface area contributed by atoms with Gasteiger partial charge in [0.25, 0.3) is 5.91 Å². The van der Waals surface area contributed by atoms with Gasteiger partial charge in [-0.15, -0.1) is 0 Å². The van der Waals surface area contributed by atoms with Crippen LogP contribution in [0.2, 0.25) is 0 Å². The molecule has 0 bridgehead atoms. The number of nitrogens with one attached hydrogen (secondary N) is 1. The largest absolute Gasteiger partial charge is 0.872 e. The average molecular weight is 557 g/mol. The summed E-state index contributed by atoms with van der Waals surface area (Å²) in [6, 6.07) is 21.2. The number of carbonyl (C=O) groups excluding carboxylic acids is 2. The van der Waals surface area contributed by atoms with E-state index in [0.29, 0.717) is 35.8 Å². The highest BCUT2D eigenvalue weighted by Crippen LogP contribution is 2.39. The lowest BCUT2D eigenvalue weighted by atomic mass is 9.95. The molecule has 0 saturated carbocycles. The Hall–Kier alpha value is -4.14. The van der Waals surface area contributed by atoms with Crippen LogP contribution in [0, 0.1) is 6.92 Å². The molecule has 3 aromatic rings. The summed E-state index contributed by atoms with van der Waals surface area (Å²) in [6.07, 6.45) is 0.718. The van der Waals surface area contributed by atoms with Gasteiger partial charge >= 0.3 is 0 Å². The molecule has 5 rings (SSSR count). The van der Waals surface area contributed by atoms with Crippen molar-refractivity contribution in [1.29, 1.82) is 0 Å². The Kier molecular flexibility index (Phi) is 9.01. The Morgan fingerprint density at radius 3 is 2.39 bits per heavy atom. The summed E-state index contributed by atoms with van der Waals surface area (Å²) < 4.78 is 16.6. The van der Waals surface area contributed by atoms with Crippen LogP contribution >= 0.6 is 0 Å². The van der Waals surface area contributed by atoms with E-state index in [4.69, 9.17) is 14.2 Å². The zero-order valence-electron chi connectivity index (χ0n) is 23.6. The van der Waals surface area contributed by atoms with E-state index in [2.05, 4.69) is 6.07 Å². The number of methoxy groups -OCH3 is 1. The number of carbonyl (C=O) groups is 2. The SMILES string of the molecule is COc1ccc(C2/C(=C(\[O-])c3ccc(OCc4cccc(C)c4)cc3)C(=O)C(=O)N2CCC[NH+]2CCOCC2)cc1. The molecule has 214 valence electrons. The number of hydrogen-bond donors (Lipinski definition) is 1. The third kappa shape index (κ3) is 6.61. The fourth-order valence-corrected chi connectivity index (χ4v) is 5.47. The fraction of sp³-hybridized carbons (Fsp3) is 0.333. The molecule has 0 aliphatic carbocycles. The molecular weight excluding hydrogens is 520 g/mol. The van der Waals surface area contributed by atoms with Gasteiger partial charge < -0.3 is 29.1 Å². The summed E-state index contributed by atoms with van der Waals surface area (Å²) in [5, 5.41) is 13.8. The van der Waals surface area contributed by atoms with E-state index in [-0.39, 0.29) is 5.57 Å². The summed E-state index contributed by atoms with van der Waals surface area (Å²) in [5.74, 6) is -0.559. The molecular formula is C33H36N2O6. The Bertz CT molecular complexity index is 1390. The molecule has 2 saturated heterocycles. The van der Waals surface area contributed by atoms with Crippen LogP contribution in [0.25, 0.3) is 5.76 Å². The standard InChI is InChI=1S/C33H36N2O6/c1-23-5-3-6-24(21-23)22-41-28-13-9-26(10-14-28)31(36)29-30(25-7-11-27(39-2)12-8-25)35(33(38)32(29)37)16-4-15-34-17-19-40-20-18-34/h3,5-14,21,30,36H,4,15-20,22H2,1-2H3/b31-29+. The number of Topliss-reactive ketones (excluding diaryl/α,β-unsaturated/α-hetero) is 1. The van der Waals surface area contributed by atoms with Crippen molar-refractivity contribution in [3.05, 3.63) is 101 Å². The van der Waals surface area contributed by atoms with Crippen LogP contribution in [0.5, 0.6) is 11.5 Å². The first-order valence-electron chi connectivity index (χ1n) is 14.0. The van der Waals surface area contributed by atoms with E-state index in [1.165, 1.54) is 4.90 Å². The summed E-state index contributed by atoms with van der Waals surface area (Å²) in [7, 11) is 1.58. The van der Waals surface area contributed by atoms with Gasteiger partial charge in [0.1, 0.15) is 31.2 Å². The van der Waals surface area contributed by atoms with Gasteiger partial charge in [-0.05, 0) is 47.9 Å². The topological polar surface area (TPSA) is 92.6 Å². The Balaban J connectivity index is 1.39. The zero-order chi connectivity index (χ0) is 28.8. The number of amides is 1. The van der Waals surface area contributed by atoms with Crippen molar-refractivity contribution in [3.8, 4) is 11.5 Å². The summed E-state index contributed by atoms with van der Waals surface area (Å²) in [4.78, 5) is 29.6. The van der Waals surface area contributed by atoms with Gasteiger partial charge in [0.2, 0.25) is 5.78 Å². The number of nitrogens with zero attached hydrogens (tertiary/aromatic N) is 1. The lowest BCUT2D eigenvalue weighted by Crippen LogP contribution is -3.14. The Morgan fingerprint density at radius 2 is 1.71 bits per heavy atom. The van der Waals surface area contributed by atoms with Crippen molar-refractivity contribution in [3.63, 3.8) is 0 Å². The number of quaternary nitrogens is 1. The van der Waals surface area contributed by atoms with Gasteiger partial charge in [-0.25, -0.2) is 0 Å². The third-order valence-corrected chi connectivity index (χ3v) is 7.69. The van der Waals surface area contributed by atoms with E-state index in [1.807, 2.05) is 37.3 Å². The molecule has 3 aromatic carbocycles. The van der Waals surface area contributed by atoms with Crippen LogP contribution in [0.3, 0.4) is 0 Å². The van der Waals surface area contributed by atoms with Crippen LogP contribution in [0.4, 0.5) is 0 Å². The predicted octanol–water partition coefficient (Wildman–Crippen LogP) is 2.11. The maximum Gasteiger partial charge on any atom is 0.295 e. The molecule has 1 N–H and O–H groups in total. The first-order valence-corrected chi connectivity index (χ1v) is 14.0. The van der Waals surface area contributed by atoms with E-state index in [0.717, 1.165) is 50.4 Å². The maximum absolute atomic E-state index is 13.8. The molecule has 2 aliphatic rings. The van der Waals surface area contributed by atoms with Crippen molar-refractivity contribution in [2.24, 2.45) is 0 Å². The quantitative estimate of drug-likeness (QED) is 0.234. The smallest absolute Gasteiger partial charge is 0.295 e. The minimum absolute atomic E-state index is 0.0210. The highest BCUT2D eigenvalue weighted by Gasteiger charge is 2.44. The lowest BCUT2D eigenvalue weighted by Gasteiger charge is -2.29. The third-order valence-electron chi connectivity index (χ3n) is 7.69. The van der Waals surface area contributed by atoms with Crippen LogP contribution < -0.4 is 19.5 Å². The predicted molar refractivity (Wildman–Crippen MR) is 152 cm³/mol. The van der Waals surface area contributed by atoms with Gasteiger partial charge in [-0.3, -0.25) is 9.59 Å². The first kappa shape index (κ1) is 28.4.